The predicted octanol–water partition coefficient (Wildman–Crippen LogP) is 3.11. The van der Waals surface area contributed by atoms with Crippen LogP contribution in [0, 0.1) is 0 Å². The second kappa shape index (κ2) is 8.03. The maximum Gasteiger partial charge on any atom is 0.337 e. The molecule has 0 unspecified atom stereocenters. The summed E-state index contributed by atoms with van der Waals surface area (Å²) in [6, 6.07) is 8.47. The molecule has 5 rings (SSSR count). The molecule has 9 nitrogen and oxygen atoms in total. The van der Waals surface area contributed by atoms with Gasteiger partial charge >= 0.3 is 5.97 Å². The fourth-order valence-electron chi connectivity index (χ4n) is 3.39. The summed E-state index contributed by atoms with van der Waals surface area (Å²) in [7, 11) is 1.31. The average molecular weight is 437 g/mol. The first-order chi connectivity index (χ1) is 15.1. The van der Waals surface area contributed by atoms with Gasteiger partial charge in [0, 0.05) is 5.92 Å². The van der Waals surface area contributed by atoms with Crippen molar-refractivity contribution in [3.63, 3.8) is 0 Å². The summed E-state index contributed by atoms with van der Waals surface area (Å²) in [5, 5.41) is 9.90. The van der Waals surface area contributed by atoms with Gasteiger partial charge in [0.1, 0.15) is 17.4 Å². The minimum absolute atomic E-state index is 0.257. The van der Waals surface area contributed by atoms with Gasteiger partial charge in [0.15, 0.2) is 5.16 Å². The van der Waals surface area contributed by atoms with Crippen molar-refractivity contribution in [2.75, 3.05) is 7.11 Å². The normalized spacial score (nSPS) is 13.6. The Kier molecular flexibility index (Phi) is 5.06. The van der Waals surface area contributed by atoms with Crippen LogP contribution >= 0.6 is 11.8 Å². The number of fused-ring (bicyclic) bond motifs is 1. The van der Waals surface area contributed by atoms with Crippen LogP contribution in [0.25, 0.3) is 10.9 Å². The third-order valence-corrected chi connectivity index (χ3v) is 6.07. The molecule has 1 aliphatic carbocycles. The van der Waals surface area contributed by atoms with Gasteiger partial charge in [-0.2, -0.15) is 0 Å². The number of carbonyl (C=O) groups excluding carboxylic acids is 1. The van der Waals surface area contributed by atoms with Gasteiger partial charge in [0.2, 0.25) is 0 Å². The number of hydrogen-bond donors (Lipinski definition) is 1. The lowest BCUT2D eigenvalue weighted by Crippen LogP contribution is -2.12. The first kappa shape index (κ1) is 19.6. The topological polar surface area (TPSA) is 116 Å². The summed E-state index contributed by atoms with van der Waals surface area (Å²) < 4.78 is 12.3. The molecule has 0 bridgehead atoms. The average Bonchev–Trinajstić information content (AvgIpc) is 3.34. The van der Waals surface area contributed by atoms with Crippen LogP contribution in [0.3, 0.4) is 0 Å². The Bertz CT molecular complexity index is 1310. The molecule has 1 N–H and O–H groups in total. The van der Waals surface area contributed by atoms with Gasteiger partial charge in [-0.1, -0.05) is 11.8 Å². The fourth-order valence-corrected chi connectivity index (χ4v) is 4.21. The molecule has 0 amide bonds. The highest BCUT2D eigenvalue weighted by Crippen LogP contribution is 2.40. The van der Waals surface area contributed by atoms with E-state index in [1.54, 1.807) is 24.5 Å². The number of thioether (sulfide) groups is 1. The number of aromatic nitrogens is 5. The Balaban J connectivity index is 1.42. The lowest BCUT2D eigenvalue weighted by atomic mass is 10.1. The molecular formula is C21H19N5O4S. The van der Waals surface area contributed by atoms with Gasteiger partial charge in [-0.05, 0) is 43.2 Å². The van der Waals surface area contributed by atoms with E-state index in [4.69, 9.17) is 9.15 Å². The van der Waals surface area contributed by atoms with Crippen molar-refractivity contribution < 1.29 is 13.9 Å². The number of nitrogens with one attached hydrogen (secondary N) is 1. The van der Waals surface area contributed by atoms with Gasteiger partial charge in [-0.25, -0.2) is 9.78 Å². The molecule has 0 aliphatic heterocycles. The summed E-state index contributed by atoms with van der Waals surface area (Å²) in [4.78, 5) is 31.6. The van der Waals surface area contributed by atoms with E-state index < -0.39 is 5.97 Å². The number of methoxy groups -OCH3 is 1. The molecule has 158 valence electrons. The van der Waals surface area contributed by atoms with E-state index in [0.29, 0.717) is 40.5 Å². The van der Waals surface area contributed by atoms with E-state index in [1.165, 1.54) is 18.9 Å². The van der Waals surface area contributed by atoms with E-state index in [-0.39, 0.29) is 5.56 Å². The number of aromatic amines is 1. The maximum absolute atomic E-state index is 12.5. The molecule has 1 fully saturated rings. The third-order valence-electron chi connectivity index (χ3n) is 5.10. The lowest BCUT2D eigenvalue weighted by Gasteiger charge is -2.08. The van der Waals surface area contributed by atoms with E-state index >= 15 is 0 Å². The molecule has 0 radical (unpaired) electrons. The summed E-state index contributed by atoms with van der Waals surface area (Å²) in [5.41, 5.74) is 0.532. The van der Waals surface area contributed by atoms with Gasteiger partial charge in [-0.15, -0.1) is 10.2 Å². The minimum atomic E-state index is -0.474. The Morgan fingerprint density at radius 1 is 1.32 bits per heavy atom. The molecular weight excluding hydrogens is 418 g/mol. The zero-order valence-corrected chi connectivity index (χ0v) is 17.5. The van der Waals surface area contributed by atoms with Crippen LogP contribution in [0.15, 0.2) is 51.0 Å². The zero-order valence-electron chi connectivity index (χ0n) is 16.7. The number of benzene rings is 1. The third kappa shape index (κ3) is 3.98. The Labute approximate surface area is 180 Å². The number of hydrogen-bond acceptors (Lipinski definition) is 8. The van der Waals surface area contributed by atoms with Crippen LogP contribution in [0.2, 0.25) is 0 Å². The molecule has 10 heteroatoms. The largest absolute Gasteiger partial charge is 0.467 e. The number of nitrogens with zero attached hydrogens (tertiary/aromatic N) is 4. The van der Waals surface area contributed by atoms with Crippen molar-refractivity contribution >= 4 is 28.6 Å². The lowest BCUT2D eigenvalue weighted by molar-refractivity contribution is 0.0601. The Morgan fingerprint density at radius 3 is 2.94 bits per heavy atom. The van der Waals surface area contributed by atoms with Crippen LogP contribution in [-0.2, 0) is 17.0 Å². The Morgan fingerprint density at radius 2 is 2.19 bits per heavy atom. The van der Waals surface area contributed by atoms with E-state index in [9.17, 15) is 9.59 Å². The van der Waals surface area contributed by atoms with Crippen molar-refractivity contribution in [2.24, 2.45) is 0 Å². The molecule has 0 saturated heterocycles. The standard InChI is InChI=1S/C21H19N5O4S/c1-29-20(28)13-6-7-15-16(9-13)22-17(23-19(15)27)11-31-21-25-24-18(12-4-5-12)26(21)10-14-3-2-8-30-14/h2-3,6-9,12H,4-5,10-11H2,1H3,(H,22,23,27). The molecule has 1 aromatic carbocycles. The van der Waals surface area contributed by atoms with Crippen LogP contribution in [0.4, 0.5) is 0 Å². The molecule has 31 heavy (non-hydrogen) atoms. The number of rotatable bonds is 7. The quantitative estimate of drug-likeness (QED) is 0.346. The maximum atomic E-state index is 12.5. The second-order valence-corrected chi connectivity index (χ2v) is 8.25. The van der Waals surface area contributed by atoms with Crippen molar-refractivity contribution in [2.45, 2.75) is 36.2 Å². The fraction of sp³-hybridized carbons (Fsp3) is 0.286. The van der Waals surface area contributed by atoms with Gasteiger partial charge in [0.25, 0.3) is 5.56 Å². The summed E-state index contributed by atoms with van der Waals surface area (Å²) >= 11 is 1.44. The van der Waals surface area contributed by atoms with Gasteiger partial charge < -0.3 is 14.1 Å². The van der Waals surface area contributed by atoms with Crippen molar-refractivity contribution in [3.8, 4) is 0 Å². The van der Waals surface area contributed by atoms with Crippen LogP contribution in [0.5, 0.6) is 0 Å². The van der Waals surface area contributed by atoms with Crippen molar-refractivity contribution in [1.29, 1.82) is 0 Å². The van der Waals surface area contributed by atoms with Gasteiger partial charge in [0.05, 0.1) is 42.1 Å². The van der Waals surface area contributed by atoms with Crippen LogP contribution in [-0.4, -0.2) is 37.8 Å². The highest BCUT2D eigenvalue weighted by molar-refractivity contribution is 7.98. The van der Waals surface area contributed by atoms with E-state index in [2.05, 4.69) is 24.7 Å². The number of esters is 1. The smallest absolute Gasteiger partial charge is 0.337 e. The predicted molar refractivity (Wildman–Crippen MR) is 113 cm³/mol. The van der Waals surface area contributed by atoms with Crippen LogP contribution in [0.1, 0.15) is 46.5 Å². The first-order valence-electron chi connectivity index (χ1n) is 9.82. The molecule has 3 aromatic heterocycles. The molecule has 0 atom stereocenters. The Hall–Kier alpha value is -3.40. The second-order valence-electron chi connectivity index (χ2n) is 7.31. The number of furan rings is 1. The van der Waals surface area contributed by atoms with E-state index in [1.807, 2.05) is 12.1 Å². The molecule has 4 aromatic rings. The van der Waals surface area contributed by atoms with Crippen LogP contribution < -0.4 is 5.56 Å². The summed E-state index contributed by atoms with van der Waals surface area (Å²) in [6.45, 7) is 0.554. The zero-order chi connectivity index (χ0) is 21.4. The molecule has 3 heterocycles. The van der Waals surface area contributed by atoms with Crippen molar-refractivity contribution in [3.05, 3.63) is 69.9 Å². The van der Waals surface area contributed by atoms with Crippen molar-refractivity contribution in [1.82, 2.24) is 24.7 Å². The first-order valence-corrected chi connectivity index (χ1v) is 10.8. The number of carbonyl (C=O) groups is 1. The SMILES string of the molecule is COC(=O)c1ccc2c(=O)[nH]c(CSc3nnc(C4CC4)n3Cc3ccco3)nc2c1. The molecule has 1 saturated carbocycles. The molecule has 0 spiro atoms. The number of H-pyrrole nitrogens is 1. The molecule has 1 aliphatic rings. The summed E-state index contributed by atoms with van der Waals surface area (Å²) in [6.07, 6.45) is 3.88. The highest BCUT2D eigenvalue weighted by Gasteiger charge is 2.30. The highest BCUT2D eigenvalue weighted by atomic mass is 32.2. The number of ether oxygens (including phenoxy) is 1. The monoisotopic (exact) mass is 437 g/mol. The van der Waals surface area contributed by atoms with Gasteiger partial charge in [-0.3, -0.25) is 9.36 Å². The minimum Gasteiger partial charge on any atom is -0.467 e. The summed E-state index contributed by atoms with van der Waals surface area (Å²) in [5.74, 6) is 2.64. The van der Waals surface area contributed by atoms with E-state index in [0.717, 1.165) is 29.6 Å².